The van der Waals surface area contributed by atoms with Crippen LogP contribution in [-0.2, 0) is 15.9 Å². The van der Waals surface area contributed by atoms with Crippen LogP contribution in [-0.4, -0.2) is 37.1 Å². The summed E-state index contributed by atoms with van der Waals surface area (Å²) in [5.74, 6) is 0. The monoisotopic (exact) mass is 320 g/mol. The Morgan fingerprint density at radius 1 is 1.47 bits per heavy atom. The lowest BCUT2D eigenvalue weighted by Gasteiger charge is -2.27. The van der Waals surface area contributed by atoms with Crippen LogP contribution in [0.4, 0.5) is 0 Å². The van der Waals surface area contributed by atoms with Crippen molar-refractivity contribution in [3.63, 3.8) is 0 Å². The normalized spacial score (nSPS) is 22.4. The van der Waals surface area contributed by atoms with E-state index in [0.29, 0.717) is 31.3 Å². The van der Waals surface area contributed by atoms with Crippen molar-refractivity contribution in [2.45, 2.75) is 18.6 Å². The molecule has 94 valence electrons. The lowest BCUT2D eigenvalue weighted by Crippen LogP contribution is -2.39. The molecule has 1 saturated heterocycles. The molecule has 0 radical (unpaired) electrons. The van der Waals surface area contributed by atoms with Gasteiger partial charge in [-0.05, 0) is 17.7 Å². The summed E-state index contributed by atoms with van der Waals surface area (Å²) in [6, 6.07) is 5.63. The minimum absolute atomic E-state index is 0.261. The Kier molecular flexibility index (Phi) is 4.82. The fourth-order valence-corrected chi connectivity index (χ4v) is 2.52. The first-order valence-electron chi connectivity index (χ1n) is 5.48. The fourth-order valence-electron chi connectivity index (χ4n) is 1.77. The number of benzene rings is 1. The number of halogens is 2. The van der Waals surface area contributed by atoms with Crippen LogP contribution >= 0.6 is 27.5 Å². The highest BCUT2D eigenvalue weighted by molar-refractivity contribution is 9.10. The molecule has 1 aliphatic rings. The van der Waals surface area contributed by atoms with E-state index in [9.17, 15) is 5.11 Å². The van der Waals surface area contributed by atoms with Crippen molar-refractivity contribution in [3.8, 4) is 0 Å². The van der Waals surface area contributed by atoms with Gasteiger partial charge in [0.1, 0.15) is 6.10 Å². The first-order chi connectivity index (χ1) is 8.16. The Morgan fingerprint density at radius 3 is 2.94 bits per heavy atom. The van der Waals surface area contributed by atoms with Crippen LogP contribution in [0, 0.1) is 0 Å². The summed E-state index contributed by atoms with van der Waals surface area (Å²) in [5, 5.41) is 10.7. The Morgan fingerprint density at radius 2 is 2.29 bits per heavy atom. The second-order valence-corrected chi connectivity index (χ2v) is 5.31. The summed E-state index contributed by atoms with van der Waals surface area (Å²) in [6.45, 7) is 1.58. The Hall–Kier alpha value is -0.130. The number of hydrogen-bond acceptors (Lipinski definition) is 3. The average molecular weight is 322 g/mol. The maximum Gasteiger partial charge on any atom is 0.107 e. The molecule has 1 aliphatic heterocycles. The molecule has 0 bridgehead atoms. The van der Waals surface area contributed by atoms with E-state index in [2.05, 4.69) is 15.9 Å². The maximum absolute atomic E-state index is 10.0. The second-order valence-electron chi connectivity index (χ2n) is 3.99. The van der Waals surface area contributed by atoms with Gasteiger partial charge in [-0.2, -0.15) is 0 Å². The molecular formula is C12H14BrClO3. The zero-order chi connectivity index (χ0) is 12.3. The number of ether oxygens (including phenoxy) is 2. The zero-order valence-corrected chi connectivity index (χ0v) is 11.6. The van der Waals surface area contributed by atoms with Crippen LogP contribution in [0.2, 0.25) is 5.02 Å². The van der Waals surface area contributed by atoms with Crippen LogP contribution < -0.4 is 0 Å². The summed E-state index contributed by atoms with van der Waals surface area (Å²) in [7, 11) is 0. The van der Waals surface area contributed by atoms with Crippen LogP contribution in [0.15, 0.2) is 22.7 Å². The summed E-state index contributed by atoms with van der Waals surface area (Å²) >= 11 is 9.45. The van der Waals surface area contributed by atoms with Crippen molar-refractivity contribution in [2.24, 2.45) is 0 Å². The van der Waals surface area contributed by atoms with Gasteiger partial charge in [0.05, 0.1) is 25.9 Å². The number of hydrogen-bond donors (Lipinski definition) is 1. The Balaban J connectivity index is 1.99. The zero-order valence-electron chi connectivity index (χ0n) is 9.23. The van der Waals surface area contributed by atoms with Crippen molar-refractivity contribution >= 4 is 27.5 Å². The molecule has 1 aromatic carbocycles. The summed E-state index contributed by atoms with van der Waals surface area (Å²) in [6.07, 6.45) is -0.377. The molecule has 0 saturated carbocycles. The largest absolute Gasteiger partial charge is 0.390 e. The molecule has 0 aliphatic carbocycles. The van der Waals surface area contributed by atoms with Crippen LogP contribution in [0.5, 0.6) is 0 Å². The van der Waals surface area contributed by atoms with Crippen molar-refractivity contribution in [3.05, 3.63) is 33.3 Å². The first-order valence-corrected chi connectivity index (χ1v) is 6.65. The molecule has 1 fully saturated rings. The van der Waals surface area contributed by atoms with Crippen LogP contribution in [0.3, 0.4) is 0 Å². The SMILES string of the molecule is OC(Cc1ccc(Br)cc1Cl)C1COCCO1. The highest BCUT2D eigenvalue weighted by atomic mass is 79.9. The molecule has 0 spiro atoms. The van der Waals surface area contributed by atoms with Crippen molar-refractivity contribution in [2.75, 3.05) is 19.8 Å². The van der Waals surface area contributed by atoms with Gasteiger partial charge in [-0.15, -0.1) is 0 Å². The predicted molar refractivity (Wildman–Crippen MR) is 69.4 cm³/mol. The van der Waals surface area contributed by atoms with Crippen molar-refractivity contribution < 1.29 is 14.6 Å². The van der Waals surface area contributed by atoms with E-state index in [-0.39, 0.29) is 6.10 Å². The predicted octanol–water partition coefficient (Wildman–Crippen LogP) is 2.42. The first kappa shape index (κ1) is 13.3. The lowest BCUT2D eigenvalue weighted by atomic mass is 10.0. The third-order valence-corrected chi connectivity index (χ3v) is 3.56. The van der Waals surface area contributed by atoms with Gasteiger partial charge >= 0.3 is 0 Å². The van der Waals surface area contributed by atoms with E-state index in [4.69, 9.17) is 21.1 Å². The quantitative estimate of drug-likeness (QED) is 0.929. The molecule has 17 heavy (non-hydrogen) atoms. The van der Waals surface area contributed by atoms with E-state index in [0.717, 1.165) is 10.0 Å². The molecule has 2 atom stereocenters. The molecular weight excluding hydrogens is 307 g/mol. The topological polar surface area (TPSA) is 38.7 Å². The van der Waals surface area contributed by atoms with Gasteiger partial charge in [0.2, 0.25) is 0 Å². The second kappa shape index (κ2) is 6.16. The summed E-state index contributed by atoms with van der Waals surface area (Å²) < 4.78 is 11.6. The smallest absolute Gasteiger partial charge is 0.107 e. The third-order valence-electron chi connectivity index (χ3n) is 2.72. The number of aliphatic hydroxyl groups excluding tert-OH is 1. The van der Waals surface area contributed by atoms with Crippen LogP contribution in [0.1, 0.15) is 5.56 Å². The van der Waals surface area contributed by atoms with Gasteiger partial charge in [-0.1, -0.05) is 33.6 Å². The molecule has 3 nitrogen and oxygen atoms in total. The maximum atomic E-state index is 10.0. The molecule has 1 heterocycles. The standard InChI is InChI=1S/C12H14BrClO3/c13-9-2-1-8(10(14)6-9)5-11(15)12-7-16-3-4-17-12/h1-2,6,11-12,15H,3-5,7H2. The van der Waals surface area contributed by atoms with Crippen LogP contribution in [0.25, 0.3) is 0 Å². The van der Waals surface area contributed by atoms with E-state index in [1.165, 1.54) is 0 Å². The Bertz CT molecular complexity index is 380. The highest BCUT2D eigenvalue weighted by Crippen LogP contribution is 2.23. The van der Waals surface area contributed by atoms with E-state index < -0.39 is 6.10 Å². The third kappa shape index (κ3) is 3.66. The molecule has 2 rings (SSSR count). The van der Waals surface area contributed by atoms with Gasteiger partial charge < -0.3 is 14.6 Å². The van der Waals surface area contributed by atoms with E-state index in [1.807, 2.05) is 18.2 Å². The lowest BCUT2D eigenvalue weighted by molar-refractivity contribution is -0.131. The van der Waals surface area contributed by atoms with Crippen molar-refractivity contribution in [1.29, 1.82) is 0 Å². The molecule has 0 aromatic heterocycles. The fraction of sp³-hybridized carbons (Fsp3) is 0.500. The van der Waals surface area contributed by atoms with E-state index >= 15 is 0 Å². The average Bonchev–Trinajstić information content (AvgIpc) is 2.34. The molecule has 2 unspecified atom stereocenters. The molecule has 1 aromatic rings. The highest BCUT2D eigenvalue weighted by Gasteiger charge is 2.23. The van der Waals surface area contributed by atoms with Gasteiger partial charge in [0.15, 0.2) is 0 Å². The molecule has 1 N–H and O–H groups in total. The minimum Gasteiger partial charge on any atom is -0.390 e. The number of aliphatic hydroxyl groups is 1. The molecule has 0 amide bonds. The van der Waals surface area contributed by atoms with Gasteiger partial charge in [0, 0.05) is 15.9 Å². The van der Waals surface area contributed by atoms with Gasteiger partial charge in [0.25, 0.3) is 0 Å². The van der Waals surface area contributed by atoms with Gasteiger partial charge in [-0.3, -0.25) is 0 Å². The summed E-state index contributed by atoms with van der Waals surface area (Å²) in [4.78, 5) is 0. The molecule has 5 heteroatoms. The van der Waals surface area contributed by atoms with E-state index in [1.54, 1.807) is 0 Å². The van der Waals surface area contributed by atoms with Crippen molar-refractivity contribution in [1.82, 2.24) is 0 Å². The number of rotatable bonds is 3. The Labute approximate surface area is 114 Å². The van der Waals surface area contributed by atoms with Gasteiger partial charge in [-0.25, -0.2) is 0 Å². The summed E-state index contributed by atoms with van der Waals surface area (Å²) in [5.41, 5.74) is 0.913. The minimum atomic E-state index is -0.589.